The van der Waals surface area contributed by atoms with Gasteiger partial charge >= 0.3 is 0 Å². The number of rotatable bonds is 5. The van der Waals surface area contributed by atoms with Gasteiger partial charge in [0.25, 0.3) is 5.91 Å². The molecule has 1 aliphatic rings. The monoisotopic (exact) mass is 431 g/mol. The molecule has 1 atom stereocenters. The molecule has 0 fully saturated rings. The Hall–Kier alpha value is -3.31. The standard InChI is InChI=1S/C27H26FNO3/c1-26(2,3)20-12-10-19(11-13-20)24(30)16-27(32)22-6-4-5-7-23(22)29(25(27)31)17-18-8-14-21(28)15-9-18/h4-15,32H,16-17H2,1-3H3/t27-/m1/s1. The number of amides is 1. The van der Waals surface area contributed by atoms with E-state index in [1.54, 1.807) is 48.5 Å². The summed E-state index contributed by atoms with van der Waals surface area (Å²) in [5.74, 6) is -1.22. The summed E-state index contributed by atoms with van der Waals surface area (Å²) in [6, 6.07) is 20.1. The number of nitrogens with zero attached hydrogens (tertiary/aromatic N) is 1. The zero-order valence-electron chi connectivity index (χ0n) is 18.4. The van der Waals surface area contributed by atoms with Crippen LogP contribution < -0.4 is 4.90 Å². The molecule has 1 amide bonds. The first kappa shape index (κ1) is 21.9. The molecule has 0 spiro atoms. The van der Waals surface area contributed by atoms with Gasteiger partial charge in [0, 0.05) is 11.1 Å². The molecule has 164 valence electrons. The van der Waals surface area contributed by atoms with E-state index in [-0.39, 0.29) is 30.0 Å². The molecule has 4 nitrogen and oxygen atoms in total. The Bertz CT molecular complexity index is 1160. The van der Waals surface area contributed by atoms with Crippen LogP contribution >= 0.6 is 0 Å². The highest BCUT2D eigenvalue weighted by Gasteiger charge is 2.50. The lowest BCUT2D eigenvalue weighted by Gasteiger charge is -2.23. The molecular formula is C27H26FNO3. The molecule has 0 unspecified atom stereocenters. The SMILES string of the molecule is CC(C)(C)c1ccc(C(=O)C[C@]2(O)C(=O)N(Cc3ccc(F)cc3)c3ccccc32)cc1. The van der Waals surface area contributed by atoms with Gasteiger partial charge in [-0.15, -0.1) is 0 Å². The Morgan fingerprint density at radius 3 is 2.22 bits per heavy atom. The molecule has 1 aliphatic heterocycles. The van der Waals surface area contributed by atoms with E-state index >= 15 is 0 Å². The average molecular weight is 432 g/mol. The molecular weight excluding hydrogens is 405 g/mol. The summed E-state index contributed by atoms with van der Waals surface area (Å²) in [4.78, 5) is 27.9. The zero-order chi connectivity index (χ0) is 23.1. The van der Waals surface area contributed by atoms with E-state index in [1.807, 2.05) is 12.1 Å². The number of benzene rings is 3. The first-order chi connectivity index (χ1) is 15.1. The van der Waals surface area contributed by atoms with Gasteiger partial charge in [-0.3, -0.25) is 9.59 Å². The normalized spacial score (nSPS) is 18.0. The first-order valence-corrected chi connectivity index (χ1v) is 10.6. The second-order valence-electron chi connectivity index (χ2n) is 9.32. The largest absolute Gasteiger partial charge is 0.375 e. The summed E-state index contributed by atoms with van der Waals surface area (Å²) in [6.45, 7) is 6.45. The van der Waals surface area contributed by atoms with Gasteiger partial charge in [-0.25, -0.2) is 4.39 Å². The summed E-state index contributed by atoms with van der Waals surface area (Å²) in [6.07, 6.45) is -0.350. The molecule has 0 saturated carbocycles. The number of hydrogen-bond donors (Lipinski definition) is 1. The second kappa shape index (κ2) is 7.99. The van der Waals surface area contributed by atoms with Crippen molar-refractivity contribution in [2.45, 2.75) is 44.8 Å². The molecule has 3 aromatic rings. The Balaban J connectivity index is 1.62. The molecule has 4 rings (SSSR count). The van der Waals surface area contributed by atoms with Gasteiger partial charge in [-0.2, -0.15) is 0 Å². The third kappa shape index (κ3) is 3.96. The van der Waals surface area contributed by atoms with Crippen molar-refractivity contribution >= 4 is 17.4 Å². The van der Waals surface area contributed by atoms with E-state index in [2.05, 4.69) is 20.8 Å². The van der Waals surface area contributed by atoms with Crippen LogP contribution in [0.25, 0.3) is 0 Å². The highest BCUT2D eigenvalue weighted by molar-refractivity contribution is 6.10. The van der Waals surface area contributed by atoms with Crippen LogP contribution in [0.1, 0.15) is 54.2 Å². The number of carbonyl (C=O) groups is 2. The lowest BCUT2D eigenvalue weighted by atomic mass is 9.85. The van der Waals surface area contributed by atoms with Gasteiger partial charge in [0.15, 0.2) is 11.4 Å². The van der Waals surface area contributed by atoms with Crippen LogP contribution in [-0.4, -0.2) is 16.8 Å². The van der Waals surface area contributed by atoms with Crippen LogP contribution in [0.5, 0.6) is 0 Å². The minimum absolute atomic E-state index is 0.0407. The number of anilines is 1. The predicted molar refractivity (Wildman–Crippen MR) is 122 cm³/mol. The molecule has 5 heteroatoms. The Morgan fingerprint density at radius 1 is 0.969 bits per heavy atom. The minimum atomic E-state index is -1.95. The number of ketones is 1. The van der Waals surface area contributed by atoms with Gasteiger partial charge in [0.2, 0.25) is 0 Å². The predicted octanol–water partition coefficient (Wildman–Crippen LogP) is 5.13. The summed E-state index contributed by atoms with van der Waals surface area (Å²) >= 11 is 0. The van der Waals surface area contributed by atoms with Gasteiger partial charge in [0.05, 0.1) is 18.7 Å². The van der Waals surface area contributed by atoms with Crippen LogP contribution in [-0.2, 0) is 22.4 Å². The fourth-order valence-electron chi connectivity index (χ4n) is 4.10. The third-order valence-corrected chi connectivity index (χ3v) is 5.98. The fourth-order valence-corrected chi connectivity index (χ4v) is 4.10. The highest BCUT2D eigenvalue weighted by Crippen LogP contribution is 2.43. The maximum atomic E-state index is 13.4. The molecule has 0 radical (unpaired) electrons. The fraction of sp³-hybridized carbons (Fsp3) is 0.259. The number of carbonyl (C=O) groups excluding carboxylic acids is 2. The first-order valence-electron chi connectivity index (χ1n) is 10.6. The van der Waals surface area contributed by atoms with Gasteiger partial charge < -0.3 is 10.0 Å². The van der Waals surface area contributed by atoms with Crippen molar-refractivity contribution in [2.24, 2.45) is 0 Å². The van der Waals surface area contributed by atoms with Crippen molar-refractivity contribution in [2.75, 3.05) is 4.90 Å². The maximum Gasteiger partial charge on any atom is 0.264 e. The number of aliphatic hydroxyl groups is 1. The van der Waals surface area contributed by atoms with Crippen molar-refractivity contribution in [3.63, 3.8) is 0 Å². The Labute approximate surface area is 187 Å². The lowest BCUT2D eigenvalue weighted by molar-refractivity contribution is -0.136. The second-order valence-corrected chi connectivity index (χ2v) is 9.32. The summed E-state index contributed by atoms with van der Waals surface area (Å²) in [7, 11) is 0. The van der Waals surface area contributed by atoms with Crippen molar-refractivity contribution in [1.82, 2.24) is 0 Å². The van der Waals surface area contributed by atoms with Crippen molar-refractivity contribution in [1.29, 1.82) is 0 Å². The van der Waals surface area contributed by atoms with Gasteiger partial charge in [-0.05, 0) is 34.7 Å². The molecule has 32 heavy (non-hydrogen) atoms. The van der Waals surface area contributed by atoms with Crippen LogP contribution in [0.15, 0.2) is 72.8 Å². The molecule has 0 bridgehead atoms. The number of hydrogen-bond acceptors (Lipinski definition) is 3. The molecule has 1 N–H and O–H groups in total. The molecule has 3 aromatic carbocycles. The van der Waals surface area contributed by atoms with Crippen molar-refractivity contribution in [3.05, 3.63) is 101 Å². The van der Waals surface area contributed by atoms with E-state index in [0.717, 1.165) is 11.1 Å². The van der Waals surface area contributed by atoms with Crippen LogP contribution in [0, 0.1) is 5.82 Å². The number of para-hydroxylation sites is 1. The van der Waals surface area contributed by atoms with Crippen molar-refractivity contribution in [3.8, 4) is 0 Å². The van der Waals surface area contributed by atoms with Crippen LogP contribution in [0.2, 0.25) is 0 Å². The number of halogens is 1. The van der Waals surface area contributed by atoms with Crippen molar-refractivity contribution < 1.29 is 19.1 Å². The highest BCUT2D eigenvalue weighted by atomic mass is 19.1. The third-order valence-electron chi connectivity index (χ3n) is 5.98. The van der Waals surface area contributed by atoms with E-state index < -0.39 is 11.5 Å². The van der Waals surface area contributed by atoms with Crippen LogP contribution in [0.3, 0.4) is 0 Å². The summed E-state index contributed by atoms with van der Waals surface area (Å²) in [5, 5.41) is 11.4. The molecule has 1 heterocycles. The molecule has 0 aromatic heterocycles. The zero-order valence-corrected chi connectivity index (χ0v) is 18.4. The molecule has 0 saturated heterocycles. The average Bonchev–Trinajstić information content (AvgIpc) is 2.97. The Kier molecular flexibility index (Phi) is 5.47. The van der Waals surface area contributed by atoms with E-state index in [9.17, 15) is 19.1 Å². The van der Waals surface area contributed by atoms with Gasteiger partial charge in [-0.1, -0.05) is 75.4 Å². The summed E-state index contributed by atoms with van der Waals surface area (Å²) < 4.78 is 13.3. The summed E-state index contributed by atoms with van der Waals surface area (Å²) in [5.41, 5.74) is 1.25. The Morgan fingerprint density at radius 2 is 1.59 bits per heavy atom. The van der Waals surface area contributed by atoms with Crippen LogP contribution in [0.4, 0.5) is 10.1 Å². The van der Waals surface area contributed by atoms with E-state index in [4.69, 9.17) is 0 Å². The minimum Gasteiger partial charge on any atom is -0.375 e. The maximum absolute atomic E-state index is 13.4. The number of Topliss-reactive ketones (excluding diaryl/α,β-unsaturated/α-hetero) is 1. The van der Waals surface area contributed by atoms with E-state index in [1.165, 1.54) is 17.0 Å². The van der Waals surface area contributed by atoms with E-state index in [0.29, 0.717) is 16.8 Å². The smallest absolute Gasteiger partial charge is 0.264 e. The quantitative estimate of drug-likeness (QED) is 0.570. The topological polar surface area (TPSA) is 57.6 Å². The lowest BCUT2D eigenvalue weighted by Crippen LogP contribution is -2.41. The molecule has 0 aliphatic carbocycles. The van der Waals surface area contributed by atoms with Gasteiger partial charge in [0.1, 0.15) is 5.82 Å². The number of fused-ring (bicyclic) bond motifs is 1.